The molecule has 0 fully saturated rings. The number of pyridine rings is 1. The molecule has 0 aliphatic rings. The lowest BCUT2D eigenvalue weighted by Gasteiger charge is -2.08. The number of hydrogen-bond donors (Lipinski definition) is 1. The maximum Gasteiger partial charge on any atom is 0.213 e. The van der Waals surface area contributed by atoms with Gasteiger partial charge < -0.3 is 10.1 Å². The minimum atomic E-state index is 0.668. The van der Waals surface area contributed by atoms with Crippen molar-refractivity contribution in [2.24, 2.45) is 0 Å². The van der Waals surface area contributed by atoms with Gasteiger partial charge in [0.2, 0.25) is 5.88 Å². The second kappa shape index (κ2) is 6.40. The molecular formula is C12H20N2O. The molecule has 0 aliphatic carbocycles. The zero-order chi connectivity index (χ0) is 11.1. The number of aryl methyl sites for hydroxylation is 1. The summed E-state index contributed by atoms with van der Waals surface area (Å²) in [7, 11) is 1.94. The average Bonchev–Trinajstić information content (AvgIpc) is 2.19. The van der Waals surface area contributed by atoms with Crippen molar-refractivity contribution in [2.45, 2.75) is 33.2 Å². The third-order valence-corrected chi connectivity index (χ3v) is 2.09. The fraction of sp³-hybridized carbons (Fsp3) is 0.583. The van der Waals surface area contributed by atoms with Gasteiger partial charge in [0.1, 0.15) is 0 Å². The second-order valence-corrected chi connectivity index (χ2v) is 3.52. The van der Waals surface area contributed by atoms with Gasteiger partial charge in [0.25, 0.3) is 0 Å². The molecule has 3 nitrogen and oxygen atoms in total. The highest BCUT2D eigenvalue weighted by atomic mass is 16.5. The van der Waals surface area contributed by atoms with E-state index in [9.17, 15) is 0 Å². The first-order valence-corrected chi connectivity index (χ1v) is 5.57. The zero-order valence-corrected chi connectivity index (χ0v) is 9.84. The summed E-state index contributed by atoms with van der Waals surface area (Å²) in [5.41, 5.74) is 2.35. The van der Waals surface area contributed by atoms with Crippen molar-refractivity contribution < 1.29 is 4.74 Å². The van der Waals surface area contributed by atoms with Crippen LogP contribution >= 0.6 is 0 Å². The Balaban J connectivity index is 2.86. The minimum Gasteiger partial charge on any atom is -0.478 e. The second-order valence-electron chi connectivity index (χ2n) is 3.52. The average molecular weight is 208 g/mol. The first kappa shape index (κ1) is 12.0. The fourth-order valence-corrected chi connectivity index (χ4v) is 1.53. The molecule has 0 amide bonds. The molecule has 0 radical (unpaired) electrons. The molecule has 1 rings (SSSR count). The highest BCUT2D eigenvalue weighted by molar-refractivity contribution is 5.25. The summed E-state index contributed by atoms with van der Waals surface area (Å²) in [5, 5.41) is 3.14. The lowest BCUT2D eigenvalue weighted by molar-refractivity contribution is 0.325. The Labute approximate surface area is 91.9 Å². The van der Waals surface area contributed by atoms with E-state index in [1.165, 1.54) is 5.56 Å². The molecule has 0 atom stereocenters. The van der Waals surface area contributed by atoms with Crippen LogP contribution in [0.5, 0.6) is 5.88 Å². The van der Waals surface area contributed by atoms with Crippen molar-refractivity contribution in [1.29, 1.82) is 0 Å². The van der Waals surface area contributed by atoms with Gasteiger partial charge in [-0.25, -0.2) is 4.98 Å². The van der Waals surface area contributed by atoms with Crippen LogP contribution in [0.25, 0.3) is 0 Å². The van der Waals surface area contributed by atoms with E-state index in [2.05, 4.69) is 23.3 Å². The zero-order valence-electron chi connectivity index (χ0n) is 9.84. The molecule has 3 heteroatoms. The van der Waals surface area contributed by atoms with E-state index in [0.29, 0.717) is 6.61 Å². The number of ether oxygens (including phenoxy) is 1. The highest BCUT2D eigenvalue weighted by Gasteiger charge is 2.02. The van der Waals surface area contributed by atoms with Crippen LogP contribution in [0.4, 0.5) is 0 Å². The molecule has 15 heavy (non-hydrogen) atoms. The van der Waals surface area contributed by atoms with E-state index in [4.69, 9.17) is 4.74 Å². The Morgan fingerprint density at radius 2 is 2.13 bits per heavy atom. The van der Waals surface area contributed by atoms with E-state index >= 15 is 0 Å². The van der Waals surface area contributed by atoms with E-state index < -0.39 is 0 Å². The molecule has 1 N–H and O–H groups in total. The minimum absolute atomic E-state index is 0.668. The van der Waals surface area contributed by atoms with Gasteiger partial charge in [-0.05, 0) is 32.0 Å². The van der Waals surface area contributed by atoms with Crippen molar-refractivity contribution in [3.8, 4) is 5.88 Å². The van der Waals surface area contributed by atoms with Crippen molar-refractivity contribution in [3.63, 3.8) is 0 Å². The van der Waals surface area contributed by atoms with E-state index in [1.807, 2.05) is 20.0 Å². The molecule has 0 bridgehead atoms. The van der Waals surface area contributed by atoms with E-state index in [0.717, 1.165) is 31.0 Å². The molecule has 0 saturated carbocycles. The number of rotatable bonds is 6. The molecule has 1 aromatic rings. The molecular weight excluding hydrogens is 188 g/mol. The van der Waals surface area contributed by atoms with Gasteiger partial charge in [-0.1, -0.05) is 13.3 Å². The summed E-state index contributed by atoms with van der Waals surface area (Å²) >= 11 is 0. The fourth-order valence-electron chi connectivity index (χ4n) is 1.53. The Bertz CT molecular complexity index is 240. The van der Waals surface area contributed by atoms with Gasteiger partial charge in [0.15, 0.2) is 0 Å². The third-order valence-electron chi connectivity index (χ3n) is 2.09. The molecule has 0 aliphatic heterocycles. The summed E-state index contributed by atoms with van der Waals surface area (Å²) < 4.78 is 5.44. The quantitative estimate of drug-likeness (QED) is 0.778. The Hall–Kier alpha value is -1.09. The summed E-state index contributed by atoms with van der Waals surface area (Å²) in [5.74, 6) is 0.744. The smallest absolute Gasteiger partial charge is 0.213 e. The van der Waals surface area contributed by atoms with Gasteiger partial charge in [-0.3, -0.25) is 0 Å². The monoisotopic (exact) mass is 208 g/mol. The van der Waals surface area contributed by atoms with Crippen LogP contribution in [-0.4, -0.2) is 18.6 Å². The Morgan fingerprint density at radius 3 is 2.73 bits per heavy atom. The Morgan fingerprint density at radius 1 is 1.33 bits per heavy atom. The van der Waals surface area contributed by atoms with Crippen LogP contribution in [0.15, 0.2) is 12.1 Å². The molecule has 1 heterocycles. The molecule has 0 unspecified atom stereocenters. The predicted molar refractivity (Wildman–Crippen MR) is 62.2 cm³/mol. The van der Waals surface area contributed by atoms with Crippen molar-refractivity contribution >= 4 is 0 Å². The van der Waals surface area contributed by atoms with E-state index in [-0.39, 0.29) is 0 Å². The van der Waals surface area contributed by atoms with Crippen LogP contribution in [0.1, 0.15) is 31.5 Å². The maximum atomic E-state index is 5.44. The lowest BCUT2D eigenvalue weighted by atomic mass is 10.1. The van der Waals surface area contributed by atoms with Crippen LogP contribution in [0.2, 0.25) is 0 Å². The summed E-state index contributed by atoms with van der Waals surface area (Å²) in [6, 6.07) is 4.14. The predicted octanol–water partition coefficient (Wildman–Crippen LogP) is 2.15. The van der Waals surface area contributed by atoms with Gasteiger partial charge in [0.05, 0.1) is 6.61 Å². The summed E-state index contributed by atoms with van der Waals surface area (Å²) in [6.45, 7) is 5.67. The van der Waals surface area contributed by atoms with Gasteiger partial charge in [-0.2, -0.15) is 0 Å². The normalized spacial score (nSPS) is 10.3. The molecule has 0 aromatic carbocycles. The van der Waals surface area contributed by atoms with E-state index in [1.54, 1.807) is 0 Å². The third kappa shape index (κ3) is 3.88. The molecule has 84 valence electrons. The summed E-state index contributed by atoms with van der Waals surface area (Å²) in [6.07, 6.45) is 2.12. The van der Waals surface area contributed by atoms with Gasteiger partial charge >= 0.3 is 0 Å². The SMILES string of the molecule is CCCc1cc(CNC)cc(OCC)n1. The van der Waals surface area contributed by atoms with Gasteiger partial charge in [-0.15, -0.1) is 0 Å². The molecule has 1 aromatic heterocycles. The van der Waals surface area contributed by atoms with Crippen LogP contribution in [0.3, 0.4) is 0 Å². The van der Waals surface area contributed by atoms with Gasteiger partial charge in [0, 0.05) is 18.3 Å². The number of hydrogen-bond acceptors (Lipinski definition) is 3. The van der Waals surface area contributed by atoms with Crippen LogP contribution in [0, 0.1) is 0 Å². The summed E-state index contributed by atoms with van der Waals surface area (Å²) in [4.78, 5) is 4.45. The van der Waals surface area contributed by atoms with Crippen LogP contribution < -0.4 is 10.1 Å². The largest absolute Gasteiger partial charge is 0.478 e. The van der Waals surface area contributed by atoms with Crippen molar-refractivity contribution in [2.75, 3.05) is 13.7 Å². The van der Waals surface area contributed by atoms with Crippen molar-refractivity contribution in [3.05, 3.63) is 23.4 Å². The molecule has 0 spiro atoms. The highest BCUT2D eigenvalue weighted by Crippen LogP contribution is 2.14. The van der Waals surface area contributed by atoms with Crippen LogP contribution in [-0.2, 0) is 13.0 Å². The first-order valence-electron chi connectivity index (χ1n) is 5.57. The Kier molecular flexibility index (Phi) is 5.12. The standard InChI is InChI=1S/C12H20N2O/c1-4-6-11-7-10(9-13-3)8-12(14-11)15-5-2/h7-8,13H,4-6,9H2,1-3H3. The number of nitrogens with zero attached hydrogens (tertiary/aromatic N) is 1. The van der Waals surface area contributed by atoms with Crippen molar-refractivity contribution in [1.82, 2.24) is 10.3 Å². The number of aromatic nitrogens is 1. The molecule has 0 saturated heterocycles. The number of nitrogens with one attached hydrogen (secondary N) is 1. The first-order chi connectivity index (χ1) is 7.30. The maximum absolute atomic E-state index is 5.44. The topological polar surface area (TPSA) is 34.1 Å². The lowest BCUT2D eigenvalue weighted by Crippen LogP contribution is -2.07.